The van der Waals surface area contributed by atoms with E-state index in [1.54, 1.807) is 26.8 Å². The van der Waals surface area contributed by atoms with Crippen molar-refractivity contribution in [3.8, 4) is 17.2 Å². The van der Waals surface area contributed by atoms with Gasteiger partial charge < -0.3 is 35.7 Å². The molecule has 0 saturated carbocycles. The van der Waals surface area contributed by atoms with Gasteiger partial charge in [0.2, 0.25) is 11.6 Å². The first kappa shape index (κ1) is 35.0. The molecule has 7 N–H and O–H groups in total. The van der Waals surface area contributed by atoms with E-state index in [2.05, 4.69) is 6.08 Å². The molecule has 0 aromatic heterocycles. The summed E-state index contributed by atoms with van der Waals surface area (Å²) in [6.07, 6.45) is 8.07. The largest absolute Gasteiger partial charge is 0.507 e. The number of phenols is 3. The predicted octanol–water partition coefficient (Wildman–Crippen LogP) is 5.36. The van der Waals surface area contributed by atoms with Crippen molar-refractivity contribution in [2.45, 2.75) is 104 Å². The Kier molecular flexibility index (Phi) is 10.9. The smallest absolute Gasteiger partial charge is 0.207 e. The van der Waals surface area contributed by atoms with E-state index in [1.165, 1.54) is 13.0 Å². The van der Waals surface area contributed by atoms with Crippen LogP contribution in [0.5, 0.6) is 17.2 Å². The lowest BCUT2D eigenvalue weighted by molar-refractivity contribution is -0.0511. The maximum atomic E-state index is 13.6. The van der Waals surface area contributed by atoms with Crippen molar-refractivity contribution >= 4 is 22.3 Å². The van der Waals surface area contributed by atoms with Crippen LogP contribution in [0.3, 0.4) is 0 Å². The van der Waals surface area contributed by atoms with Crippen molar-refractivity contribution in [1.29, 1.82) is 0 Å². The average molecular weight is 611 g/mol. The quantitative estimate of drug-likeness (QED) is 0.116. The molecule has 0 heterocycles. The molecule has 0 aliphatic heterocycles. The minimum Gasteiger partial charge on any atom is -0.507 e. The number of aromatic hydroxyl groups is 3. The van der Waals surface area contributed by atoms with Crippen molar-refractivity contribution in [2.75, 3.05) is 6.61 Å². The molecule has 0 unspecified atom stereocenters. The molecule has 2 aromatic rings. The minimum atomic E-state index is -2.53. The third-order valence-electron chi connectivity index (χ3n) is 8.65. The summed E-state index contributed by atoms with van der Waals surface area (Å²) >= 11 is 0. The average Bonchev–Trinajstić information content (AvgIpc) is 2.94. The van der Waals surface area contributed by atoms with Crippen molar-refractivity contribution in [3.63, 3.8) is 0 Å². The molecule has 2 aromatic carbocycles. The summed E-state index contributed by atoms with van der Waals surface area (Å²) in [6.45, 7) is 9.86. The van der Waals surface area contributed by atoms with Gasteiger partial charge >= 0.3 is 0 Å². The summed E-state index contributed by atoms with van der Waals surface area (Å²) < 4.78 is 0. The first-order chi connectivity index (χ1) is 20.4. The van der Waals surface area contributed by atoms with Gasteiger partial charge in [-0.15, -0.1) is 0 Å². The highest BCUT2D eigenvalue weighted by molar-refractivity contribution is 6.36. The molecule has 1 aliphatic rings. The van der Waals surface area contributed by atoms with Gasteiger partial charge in [-0.1, -0.05) is 29.4 Å². The molecule has 0 radical (unpaired) electrons. The van der Waals surface area contributed by atoms with Crippen LogP contribution >= 0.6 is 0 Å². The van der Waals surface area contributed by atoms with Gasteiger partial charge in [-0.05, 0) is 97.3 Å². The lowest BCUT2D eigenvalue weighted by atomic mass is 9.73. The summed E-state index contributed by atoms with van der Waals surface area (Å²) in [5, 5.41) is 73.2. The summed E-state index contributed by atoms with van der Waals surface area (Å²) in [5.41, 5.74) is -1.06. The number of aliphatic hydroxyl groups is 4. The molecule has 0 bridgehead atoms. The fraction of sp³-hybridized carbons (Fsp3) is 0.486. The molecule has 0 spiro atoms. The molecular formula is C35H46O9. The van der Waals surface area contributed by atoms with Crippen LogP contribution in [-0.4, -0.2) is 71.2 Å². The summed E-state index contributed by atoms with van der Waals surface area (Å²) in [5.74, 6) is -3.23. The Balaban J connectivity index is 1.68. The van der Waals surface area contributed by atoms with Gasteiger partial charge in [-0.3, -0.25) is 9.59 Å². The fourth-order valence-corrected chi connectivity index (χ4v) is 5.61. The van der Waals surface area contributed by atoms with Crippen LogP contribution in [-0.2, 0) is 0 Å². The van der Waals surface area contributed by atoms with Crippen LogP contribution in [0, 0.1) is 13.8 Å². The zero-order valence-electron chi connectivity index (χ0n) is 26.5. The third-order valence-corrected chi connectivity index (χ3v) is 8.65. The zero-order valence-corrected chi connectivity index (χ0v) is 26.5. The van der Waals surface area contributed by atoms with Gasteiger partial charge in [0.1, 0.15) is 17.2 Å². The van der Waals surface area contributed by atoms with E-state index < -0.39 is 40.4 Å². The van der Waals surface area contributed by atoms with Gasteiger partial charge in [-0.25, -0.2) is 0 Å². The van der Waals surface area contributed by atoms with E-state index in [0.717, 1.165) is 23.1 Å². The molecular weight excluding hydrogens is 564 g/mol. The Hall–Kier alpha value is -3.50. The molecule has 2 atom stereocenters. The monoisotopic (exact) mass is 610 g/mol. The molecule has 240 valence electrons. The number of Topliss-reactive ketones (excluding diaryl/α,β-unsaturated/α-hetero) is 2. The maximum Gasteiger partial charge on any atom is 0.207 e. The fourth-order valence-electron chi connectivity index (χ4n) is 5.61. The van der Waals surface area contributed by atoms with Crippen LogP contribution in [0.4, 0.5) is 0 Å². The summed E-state index contributed by atoms with van der Waals surface area (Å²) in [7, 11) is 0. The standard InChI is InChI=1S/C35H46O9/c1-19(11-8-12-23(18-36)13-14-25(38)34(5,6)43)9-7-10-20(2)15-16-35(44)32(41)27-24(37)17-21(3)26-28(27)29(33(35)42)31(40)22(4)30(26)39/h9,12,15,17,25,36-40,43-44H,7-8,10-11,13-14,16,18H2,1-6H3/b19-9+,20-15+,23-12-/t25-,35-/m1/s1. The minimum absolute atomic E-state index is 0.0405. The number of phenolic OH excluding ortho intramolecular Hbond substituents is 3. The van der Waals surface area contributed by atoms with E-state index >= 15 is 0 Å². The lowest BCUT2D eigenvalue weighted by Crippen LogP contribution is -2.49. The lowest BCUT2D eigenvalue weighted by Gasteiger charge is -2.32. The molecule has 0 fully saturated rings. The van der Waals surface area contributed by atoms with Gasteiger partial charge in [-0.2, -0.15) is 0 Å². The SMILES string of the molecule is C/C(=C\CC/C(C)=C/C[C@@]1(O)C(=O)c2c(O)cc(C)c3c(O)c(C)c(O)c(c23)C1=O)CC/C=C(\CO)CC[C@@H](O)C(C)(C)O. The van der Waals surface area contributed by atoms with Crippen LogP contribution < -0.4 is 0 Å². The normalized spacial score (nSPS) is 18.8. The predicted molar refractivity (Wildman–Crippen MR) is 169 cm³/mol. The molecule has 9 nitrogen and oxygen atoms in total. The highest BCUT2D eigenvalue weighted by atomic mass is 16.3. The Labute approximate surface area is 258 Å². The number of benzene rings is 2. The molecule has 9 heteroatoms. The Morgan fingerprint density at radius 2 is 1.45 bits per heavy atom. The number of carbonyl (C=O) groups excluding carboxylic acids is 2. The van der Waals surface area contributed by atoms with E-state index in [-0.39, 0.29) is 46.2 Å². The second-order valence-electron chi connectivity index (χ2n) is 12.7. The number of aliphatic hydroxyl groups excluding tert-OH is 2. The second-order valence-corrected chi connectivity index (χ2v) is 12.7. The number of ketones is 2. The second kappa shape index (κ2) is 13.6. The van der Waals surface area contributed by atoms with Crippen LogP contribution in [0.25, 0.3) is 10.8 Å². The molecule has 0 amide bonds. The van der Waals surface area contributed by atoms with Crippen LogP contribution in [0.1, 0.15) is 104 Å². The van der Waals surface area contributed by atoms with Crippen LogP contribution in [0.2, 0.25) is 0 Å². The Morgan fingerprint density at radius 3 is 2.05 bits per heavy atom. The summed E-state index contributed by atoms with van der Waals surface area (Å²) in [4.78, 5) is 27.1. The van der Waals surface area contributed by atoms with Gasteiger partial charge in [0.25, 0.3) is 0 Å². The number of aryl methyl sites for hydroxylation is 1. The van der Waals surface area contributed by atoms with Gasteiger partial charge in [0.05, 0.1) is 29.4 Å². The van der Waals surface area contributed by atoms with Gasteiger partial charge in [0, 0.05) is 22.8 Å². The van der Waals surface area contributed by atoms with E-state index in [0.29, 0.717) is 37.7 Å². The number of hydrogen-bond acceptors (Lipinski definition) is 9. The van der Waals surface area contributed by atoms with Crippen molar-refractivity contribution in [1.82, 2.24) is 0 Å². The van der Waals surface area contributed by atoms with Crippen molar-refractivity contribution in [3.05, 3.63) is 63.3 Å². The zero-order chi connectivity index (χ0) is 33.1. The highest BCUT2D eigenvalue weighted by Gasteiger charge is 2.51. The van der Waals surface area contributed by atoms with Crippen LogP contribution in [0.15, 0.2) is 41.0 Å². The Bertz CT molecular complexity index is 1540. The maximum absolute atomic E-state index is 13.6. The van der Waals surface area contributed by atoms with Gasteiger partial charge in [0.15, 0.2) is 5.60 Å². The van der Waals surface area contributed by atoms with E-state index in [4.69, 9.17) is 0 Å². The molecule has 0 saturated heterocycles. The Morgan fingerprint density at radius 1 is 0.886 bits per heavy atom. The molecule has 3 rings (SSSR count). The summed E-state index contributed by atoms with van der Waals surface area (Å²) in [6, 6.07) is 1.30. The van der Waals surface area contributed by atoms with E-state index in [1.807, 2.05) is 19.9 Å². The van der Waals surface area contributed by atoms with E-state index in [9.17, 15) is 45.3 Å². The molecule has 1 aliphatic carbocycles. The number of hydrogen-bond donors (Lipinski definition) is 7. The number of carbonyl (C=O) groups is 2. The third kappa shape index (κ3) is 7.07. The number of rotatable bonds is 13. The first-order valence-electron chi connectivity index (χ1n) is 15.0. The first-order valence-corrected chi connectivity index (χ1v) is 15.0. The number of allylic oxidation sites excluding steroid dienone is 4. The van der Waals surface area contributed by atoms with Crippen molar-refractivity contribution in [2.24, 2.45) is 0 Å². The highest BCUT2D eigenvalue weighted by Crippen LogP contribution is 2.49. The van der Waals surface area contributed by atoms with Crippen molar-refractivity contribution < 1.29 is 45.3 Å². The molecule has 44 heavy (non-hydrogen) atoms. The topological polar surface area (TPSA) is 176 Å².